The van der Waals surface area contributed by atoms with Gasteiger partial charge in [0.25, 0.3) is 0 Å². The molecule has 2 rings (SSSR count). The lowest BCUT2D eigenvalue weighted by atomic mass is 10.0. The van der Waals surface area contributed by atoms with Crippen molar-refractivity contribution in [3.8, 4) is 0 Å². The molecule has 2 aromatic rings. The molecule has 0 spiro atoms. The fourth-order valence-electron chi connectivity index (χ4n) is 2.36. The van der Waals surface area contributed by atoms with Crippen LogP contribution in [0.3, 0.4) is 0 Å². The first-order valence-electron chi connectivity index (χ1n) is 8.59. The second kappa shape index (κ2) is 12.7. The Balaban J connectivity index is 0.00000364. The van der Waals surface area contributed by atoms with Crippen LogP contribution in [0, 0.1) is 11.6 Å². The van der Waals surface area contributed by atoms with E-state index < -0.39 is 11.6 Å². The molecule has 0 radical (unpaired) electrons. The molecule has 8 heteroatoms. The minimum absolute atomic E-state index is 0. The number of hydrogen-bond donors (Lipinski definition) is 2. The molecule has 5 nitrogen and oxygen atoms in total. The van der Waals surface area contributed by atoms with E-state index in [1.807, 2.05) is 19.1 Å². The van der Waals surface area contributed by atoms with Crippen molar-refractivity contribution in [2.24, 2.45) is 4.99 Å². The Labute approximate surface area is 175 Å². The van der Waals surface area contributed by atoms with Gasteiger partial charge in [-0.25, -0.2) is 8.78 Å². The van der Waals surface area contributed by atoms with E-state index in [-0.39, 0.29) is 29.9 Å². The monoisotopic (exact) mass is 493 g/mol. The first-order valence-corrected chi connectivity index (χ1v) is 8.59. The van der Waals surface area contributed by atoms with Crippen LogP contribution in [0.2, 0.25) is 0 Å². The highest BCUT2D eigenvalue weighted by Gasteiger charge is 2.10. The summed E-state index contributed by atoms with van der Waals surface area (Å²) < 4.78 is 37.0. The molecule has 0 aliphatic heterocycles. The quantitative estimate of drug-likeness (QED) is 0.240. The normalized spacial score (nSPS) is 12.4. The maximum Gasteiger partial charge on any atom is 0.190 e. The predicted molar refractivity (Wildman–Crippen MR) is 113 cm³/mol. The fraction of sp³-hybridized carbons (Fsp3) is 0.421. The Morgan fingerprint density at radius 1 is 1.22 bits per heavy atom. The number of nitrogens with zero attached hydrogens (tertiary/aromatic N) is 1. The fourth-order valence-corrected chi connectivity index (χ4v) is 2.36. The zero-order valence-electron chi connectivity index (χ0n) is 15.5. The summed E-state index contributed by atoms with van der Waals surface area (Å²) in [6, 6.07) is 7.68. The largest absolute Gasteiger partial charge is 0.467 e. The molecule has 0 amide bonds. The lowest BCUT2D eigenvalue weighted by Gasteiger charge is -2.16. The van der Waals surface area contributed by atoms with Gasteiger partial charge in [-0.1, -0.05) is 13.0 Å². The van der Waals surface area contributed by atoms with E-state index in [1.54, 1.807) is 19.4 Å². The van der Waals surface area contributed by atoms with Crippen LogP contribution < -0.4 is 10.6 Å². The predicted octanol–water partition coefficient (Wildman–Crippen LogP) is 4.05. The number of benzene rings is 1. The van der Waals surface area contributed by atoms with Crippen molar-refractivity contribution in [2.75, 3.05) is 26.7 Å². The van der Waals surface area contributed by atoms with E-state index in [0.717, 1.165) is 23.8 Å². The third kappa shape index (κ3) is 8.25. The number of furan rings is 1. The van der Waals surface area contributed by atoms with E-state index in [4.69, 9.17) is 9.15 Å². The van der Waals surface area contributed by atoms with Gasteiger partial charge in [-0.05, 0) is 42.2 Å². The summed E-state index contributed by atoms with van der Waals surface area (Å²) in [6.07, 6.45) is 2.44. The van der Waals surface area contributed by atoms with Crippen LogP contribution in [-0.2, 0) is 11.3 Å². The van der Waals surface area contributed by atoms with E-state index in [9.17, 15) is 8.78 Å². The second-order valence-electron chi connectivity index (χ2n) is 5.94. The topological polar surface area (TPSA) is 58.8 Å². The van der Waals surface area contributed by atoms with Crippen LogP contribution in [0.15, 0.2) is 46.0 Å². The molecule has 1 unspecified atom stereocenters. The molecule has 0 aliphatic rings. The highest BCUT2D eigenvalue weighted by molar-refractivity contribution is 14.0. The first kappa shape index (κ1) is 23.4. The van der Waals surface area contributed by atoms with Gasteiger partial charge in [-0.15, -0.1) is 24.0 Å². The summed E-state index contributed by atoms with van der Waals surface area (Å²) in [7, 11) is 1.69. The average Bonchev–Trinajstić information content (AvgIpc) is 3.16. The van der Waals surface area contributed by atoms with Crippen LogP contribution in [0.1, 0.15) is 30.6 Å². The van der Waals surface area contributed by atoms with Crippen molar-refractivity contribution >= 4 is 29.9 Å². The van der Waals surface area contributed by atoms with Gasteiger partial charge in [0.15, 0.2) is 17.6 Å². The Morgan fingerprint density at radius 2 is 2.04 bits per heavy atom. The van der Waals surface area contributed by atoms with Gasteiger partial charge < -0.3 is 19.8 Å². The van der Waals surface area contributed by atoms with E-state index >= 15 is 0 Å². The summed E-state index contributed by atoms with van der Waals surface area (Å²) in [6.45, 7) is 4.27. The summed E-state index contributed by atoms with van der Waals surface area (Å²) in [5.41, 5.74) is 0.734. The zero-order valence-corrected chi connectivity index (χ0v) is 17.8. The first-order chi connectivity index (χ1) is 12.6. The van der Waals surface area contributed by atoms with Gasteiger partial charge >= 0.3 is 0 Å². The Morgan fingerprint density at radius 3 is 2.70 bits per heavy atom. The summed E-state index contributed by atoms with van der Waals surface area (Å²) in [5, 5.41) is 6.37. The van der Waals surface area contributed by atoms with Gasteiger partial charge in [-0.3, -0.25) is 4.99 Å². The van der Waals surface area contributed by atoms with E-state index in [2.05, 4.69) is 15.6 Å². The molecule has 1 aromatic carbocycles. The lowest BCUT2D eigenvalue weighted by Crippen LogP contribution is -2.39. The molecule has 1 heterocycles. The van der Waals surface area contributed by atoms with Crippen molar-refractivity contribution in [3.63, 3.8) is 0 Å². The molecule has 27 heavy (non-hydrogen) atoms. The molecule has 0 fully saturated rings. The molecular formula is C19H26F2IN3O2. The van der Waals surface area contributed by atoms with Crippen LogP contribution in [0.25, 0.3) is 0 Å². The summed E-state index contributed by atoms with van der Waals surface area (Å²) >= 11 is 0. The second-order valence-corrected chi connectivity index (χ2v) is 5.94. The molecule has 1 aromatic heterocycles. The summed E-state index contributed by atoms with van der Waals surface area (Å²) in [5.74, 6) is -0.181. The van der Waals surface area contributed by atoms with Crippen LogP contribution >= 0.6 is 24.0 Å². The van der Waals surface area contributed by atoms with Crippen LogP contribution in [0.4, 0.5) is 8.78 Å². The average molecular weight is 493 g/mol. The Kier molecular flexibility index (Phi) is 11.0. The number of nitrogens with one attached hydrogen (secondary N) is 2. The Hall–Kier alpha value is -1.68. The van der Waals surface area contributed by atoms with Gasteiger partial charge in [0.05, 0.1) is 6.26 Å². The summed E-state index contributed by atoms with van der Waals surface area (Å²) in [4.78, 5) is 4.15. The minimum atomic E-state index is -0.833. The molecule has 150 valence electrons. The Bertz CT molecular complexity index is 696. The molecule has 0 bridgehead atoms. The lowest BCUT2D eigenvalue weighted by molar-refractivity contribution is 0.105. The number of guanidine groups is 1. The third-order valence-electron chi connectivity index (χ3n) is 3.89. The van der Waals surface area contributed by atoms with Crippen molar-refractivity contribution in [3.05, 3.63) is 59.6 Å². The van der Waals surface area contributed by atoms with Crippen molar-refractivity contribution in [1.82, 2.24) is 10.6 Å². The van der Waals surface area contributed by atoms with Gasteiger partial charge in [0, 0.05) is 26.7 Å². The van der Waals surface area contributed by atoms with Gasteiger partial charge in [0.1, 0.15) is 12.4 Å². The molecule has 0 saturated carbocycles. The van der Waals surface area contributed by atoms with E-state index in [1.165, 1.54) is 6.07 Å². The third-order valence-corrected chi connectivity index (χ3v) is 3.89. The number of halogens is 3. The van der Waals surface area contributed by atoms with Crippen molar-refractivity contribution < 1.29 is 17.9 Å². The molecule has 1 atom stereocenters. The van der Waals surface area contributed by atoms with Crippen molar-refractivity contribution in [1.29, 1.82) is 0 Å². The number of rotatable bonds is 9. The SMILES string of the molecule is CN=C(NCCCOCc1ccco1)NCC(C)c1ccc(F)c(F)c1.I. The highest BCUT2D eigenvalue weighted by Crippen LogP contribution is 2.17. The van der Waals surface area contributed by atoms with E-state index in [0.29, 0.717) is 32.3 Å². The smallest absolute Gasteiger partial charge is 0.190 e. The van der Waals surface area contributed by atoms with Crippen LogP contribution in [0.5, 0.6) is 0 Å². The van der Waals surface area contributed by atoms with Gasteiger partial charge in [-0.2, -0.15) is 0 Å². The van der Waals surface area contributed by atoms with Crippen molar-refractivity contribution in [2.45, 2.75) is 25.9 Å². The van der Waals surface area contributed by atoms with Gasteiger partial charge in [0.2, 0.25) is 0 Å². The molecular weight excluding hydrogens is 467 g/mol. The maximum atomic E-state index is 13.3. The molecule has 0 saturated heterocycles. The molecule has 2 N–H and O–H groups in total. The maximum absolute atomic E-state index is 13.3. The minimum Gasteiger partial charge on any atom is -0.467 e. The van der Waals surface area contributed by atoms with Crippen LogP contribution in [-0.4, -0.2) is 32.7 Å². The number of aliphatic imine (C=N–C) groups is 1. The number of ether oxygens (including phenoxy) is 1. The highest BCUT2D eigenvalue weighted by atomic mass is 127. The number of hydrogen-bond acceptors (Lipinski definition) is 3. The standard InChI is InChI=1S/C19H25F2N3O2.HI/c1-14(15-6-7-17(20)18(21)11-15)12-24-19(22-2)23-8-4-9-25-13-16-5-3-10-26-16;/h3,5-7,10-11,14H,4,8-9,12-13H2,1-2H3,(H2,22,23,24);1H. The molecule has 0 aliphatic carbocycles. The zero-order chi connectivity index (χ0) is 18.8.